The highest BCUT2D eigenvalue weighted by Gasteiger charge is 2.10. The van der Waals surface area contributed by atoms with E-state index < -0.39 is 0 Å². The normalized spacial score (nSPS) is 11.5. The molecule has 0 aliphatic rings. The highest BCUT2D eigenvalue weighted by atomic mass is 15.3. The monoisotopic (exact) mass is 243 g/mol. The van der Waals surface area contributed by atoms with Gasteiger partial charge in [0, 0.05) is 12.4 Å². The van der Waals surface area contributed by atoms with E-state index in [0.717, 1.165) is 11.5 Å². The molecule has 0 aromatic carbocycles. The average molecular weight is 243 g/mol. The quantitative estimate of drug-likeness (QED) is 0.820. The number of hydrogen-bond donors (Lipinski definition) is 0. The van der Waals surface area contributed by atoms with Gasteiger partial charge in [0.2, 0.25) is 0 Å². The number of hydrogen-bond acceptors (Lipinski definition) is 2. The standard InChI is InChI=1S/C15H21N3/c1-10(2)13-6-7-15(16-8-13)18-9-14(11(3)4)12(5)17-18/h6-11H,1-5H3. The summed E-state index contributed by atoms with van der Waals surface area (Å²) in [6, 6.07) is 4.16. The summed E-state index contributed by atoms with van der Waals surface area (Å²) in [6.45, 7) is 10.8. The van der Waals surface area contributed by atoms with Crippen LogP contribution in [0.1, 0.15) is 56.4 Å². The molecule has 96 valence electrons. The van der Waals surface area contributed by atoms with Gasteiger partial charge in [0.25, 0.3) is 0 Å². The van der Waals surface area contributed by atoms with Crippen LogP contribution >= 0.6 is 0 Å². The van der Waals surface area contributed by atoms with E-state index in [1.165, 1.54) is 11.1 Å². The van der Waals surface area contributed by atoms with Crippen molar-refractivity contribution in [3.8, 4) is 5.82 Å². The van der Waals surface area contributed by atoms with Crippen molar-refractivity contribution < 1.29 is 0 Å². The van der Waals surface area contributed by atoms with Crippen molar-refractivity contribution in [1.29, 1.82) is 0 Å². The van der Waals surface area contributed by atoms with Crippen LogP contribution in [0.3, 0.4) is 0 Å². The summed E-state index contributed by atoms with van der Waals surface area (Å²) in [4.78, 5) is 4.48. The lowest BCUT2D eigenvalue weighted by Gasteiger charge is -2.05. The Morgan fingerprint density at radius 3 is 2.22 bits per heavy atom. The van der Waals surface area contributed by atoms with E-state index in [2.05, 4.69) is 50.0 Å². The Hall–Kier alpha value is -1.64. The van der Waals surface area contributed by atoms with Crippen molar-refractivity contribution in [2.24, 2.45) is 0 Å². The molecule has 0 unspecified atom stereocenters. The third-order valence-corrected chi connectivity index (χ3v) is 3.23. The van der Waals surface area contributed by atoms with Crippen molar-refractivity contribution in [1.82, 2.24) is 14.8 Å². The Bertz CT molecular complexity index is 521. The van der Waals surface area contributed by atoms with Crippen LogP contribution in [0.5, 0.6) is 0 Å². The van der Waals surface area contributed by atoms with Crippen LogP contribution < -0.4 is 0 Å². The van der Waals surface area contributed by atoms with E-state index in [1.54, 1.807) is 0 Å². The summed E-state index contributed by atoms with van der Waals surface area (Å²) >= 11 is 0. The lowest BCUT2D eigenvalue weighted by atomic mass is 10.1. The van der Waals surface area contributed by atoms with Gasteiger partial charge >= 0.3 is 0 Å². The van der Waals surface area contributed by atoms with Crippen molar-refractivity contribution >= 4 is 0 Å². The van der Waals surface area contributed by atoms with Crippen molar-refractivity contribution in [2.45, 2.75) is 46.5 Å². The maximum atomic E-state index is 4.53. The molecule has 0 amide bonds. The minimum atomic E-state index is 0.494. The Balaban J connectivity index is 2.34. The Kier molecular flexibility index (Phi) is 3.50. The van der Waals surface area contributed by atoms with E-state index in [9.17, 15) is 0 Å². The molecule has 0 spiro atoms. The lowest BCUT2D eigenvalue weighted by molar-refractivity contribution is 0.814. The number of nitrogens with zero attached hydrogens (tertiary/aromatic N) is 3. The topological polar surface area (TPSA) is 30.7 Å². The first-order valence-corrected chi connectivity index (χ1v) is 6.51. The van der Waals surface area contributed by atoms with Gasteiger partial charge in [-0.25, -0.2) is 9.67 Å². The molecule has 0 bridgehead atoms. The molecule has 3 heteroatoms. The van der Waals surface area contributed by atoms with E-state index in [0.29, 0.717) is 11.8 Å². The van der Waals surface area contributed by atoms with Crippen LogP contribution in [0.4, 0.5) is 0 Å². The zero-order valence-corrected chi connectivity index (χ0v) is 11.8. The number of pyridine rings is 1. The first-order chi connectivity index (χ1) is 8.49. The second kappa shape index (κ2) is 4.92. The third kappa shape index (κ3) is 2.45. The summed E-state index contributed by atoms with van der Waals surface area (Å²) < 4.78 is 1.87. The molecule has 0 radical (unpaired) electrons. The van der Waals surface area contributed by atoms with E-state index >= 15 is 0 Å². The molecular formula is C15H21N3. The largest absolute Gasteiger partial charge is 0.237 e. The highest BCUT2D eigenvalue weighted by Crippen LogP contribution is 2.20. The zero-order valence-electron chi connectivity index (χ0n) is 11.8. The van der Waals surface area contributed by atoms with Crippen molar-refractivity contribution in [2.75, 3.05) is 0 Å². The van der Waals surface area contributed by atoms with Crippen LogP contribution in [-0.2, 0) is 0 Å². The smallest absolute Gasteiger partial charge is 0.153 e. The number of aryl methyl sites for hydroxylation is 1. The van der Waals surface area contributed by atoms with E-state index in [-0.39, 0.29) is 0 Å². The van der Waals surface area contributed by atoms with Gasteiger partial charge in [0.05, 0.1) is 5.69 Å². The summed E-state index contributed by atoms with van der Waals surface area (Å²) in [5.74, 6) is 1.89. The number of aromatic nitrogens is 3. The summed E-state index contributed by atoms with van der Waals surface area (Å²) in [7, 11) is 0. The predicted octanol–water partition coefficient (Wildman–Crippen LogP) is 3.82. The van der Waals surface area contributed by atoms with Gasteiger partial charge in [-0.2, -0.15) is 5.10 Å². The molecular weight excluding hydrogens is 222 g/mol. The van der Waals surface area contributed by atoms with Gasteiger partial charge in [0.1, 0.15) is 0 Å². The highest BCUT2D eigenvalue weighted by molar-refractivity contribution is 5.29. The fourth-order valence-electron chi connectivity index (χ4n) is 2.03. The van der Waals surface area contributed by atoms with Crippen molar-refractivity contribution in [3.05, 3.63) is 41.3 Å². The molecule has 2 aromatic heterocycles. The first kappa shape index (κ1) is 12.8. The fraction of sp³-hybridized carbons (Fsp3) is 0.467. The maximum absolute atomic E-state index is 4.53. The molecule has 0 N–H and O–H groups in total. The second-order valence-electron chi connectivity index (χ2n) is 5.37. The maximum Gasteiger partial charge on any atom is 0.153 e. The lowest BCUT2D eigenvalue weighted by Crippen LogP contribution is -1.99. The minimum Gasteiger partial charge on any atom is -0.237 e. The zero-order chi connectivity index (χ0) is 13.3. The van der Waals surface area contributed by atoms with Crippen LogP contribution in [0.15, 0.2) is 24.5 Å². The Morgan fingerprint density at radius 1 is 1.06 bits per heavy atom. The summed E-state index contributed by atoms with van der Waals surface area (Å²) in [5, 5.41) is 4.53. The average Bonchev–Trinajstić information content (AvgIpc) is 2.71. The molecule has 0 saturated heterocycles. The van der Waals surface area contributed by atoms with Crippen LogP contribution in [-0.4, -0.2) is 14.8 Å². The van der Waals surface area contributed by atoms with Gasteiger partial charge < -0.3 is 0 Å². The van der Waals surface area contributed by atoms with Gasteiger partial charge in [-0.3, -0.25) is 0 Å². The number of rotatable bonds is 3. The van der Waals surface area contributed by atoms with Crippen LogP contribution in [0.2, 0.25) is 0 Å². The SMILES string of the molecule is Cc1nn(-c2ccc(C(C)C)cn2)cc1C(C)C. The molecule has 0 fully saturated rings. The summed E-state index contributed by atoms with van der Waals surface area (Å²) in [5.41, 5.74) is 3.62. The van der Waals surface area contributed by atoms with Crippen LogP contribution in [0.25, 0.3) is 5.82 Å². The van der Waals surface area contributed by atoms with Gasteiger partial charge in [-0.15, -0.1) is 0 Å². The van der Waals surface area contributed by atoms with Gasteiger partial charge in [-0.1, -0.05) is 33.8 Å². The molecule has 2 aromatic rings. The molecule has 3 nitrogen and oxygen atoms in total. The molecule has 2 rings (SSSR count). The third-order valence-electron chi connectivity index (χ3n) is 3.23. The second-order valence-corrected chi connectivity index (χ2v) is 5.37. The fourth-order valence-corrected chi connectivity index (χ4v) is 2.03. The summed E-state index contributed by atoms with van der Waals surface area (Å²) in [6.07, 6.45) is 4.02. The Morgan fingerprint density at radius 2 is 1.78 bits per heavy atom. The van der Waals surface area contributed by atoms with Gasteiger partial charge in [-0.05, 0) is 36.0 Å². The van der Waals surface area contributed by atoms with Crippen LogP contribution in [0, 0.1) is 6.92 Å². The first-order valence-electron chi connectivity index (χ1n) is 6.51. The Labute approximate surface area is 109 Å². The molecule has 0 aliphatic heterocycles. The predicted molar refractivity (Wildman–Crippen MR) is 74.3 cm³/mol. The molecule has 2 heterocycles. The molecule has 0 atom stereocenters. The van der Waals surface area contributed by atoms with Gasteiger partial charge in [0.15, 0.2) is 5.82 Å². The van der Waals surface area contributed by atoms with E-state index in [1.807, 2.05) is 23.9 Å². The molecule has 0 saturated carbocycles. The minimum absolute atomic E-state index is 0.494. The molecule has 0 aliphatic carbocycles. The van der Waals surface area contributed by atoms with E-state index in [4.69, 9.17) is 0 Å². The molecule has 18 heavy (non-hydrogen) atoms. The van der Waals surface area contributed by atoms with Crippen molar-refractivity contribution in [3.63, 3.8) is 0 Å².